The molecule has 1 aliphatic rings. The first-order valence-corrected chi connectivity index (χ1v) is 5.93. The molecular formula is C12H24O5. The lowest BCUT2D eigenvalue weighted by molar-refractivity contribution is -0.350. The molecule has 0 radical (unpaired) electrons. The number of hydrogen-bond acceptors (Lipinski definition) is 5. The SMILES string of the molecule is CC(C)C1OC(C)(CO)C(C)(O)C(C)(O)C1O. The molecule has 0 aromatic rings. The molecule has 1 fully saturated rings. The summed E-state index contributed by atoms with van der Waals surface area (Å²) in [4.78, 5) is 0. The van der Waals surface area contributed by atoms with E-state index >= 15 is 0 Å². The summed E-state index contributed by atoms with van der Waals surface area (Å²) in [5, 5.41) is 40.3. The Morgan fingerprint density at radius 2 is 1.65 bits per heavy atom. The van der Waals surface area contributed by atoms with Crippen molar-refractivity contribution in [3.63, 3.8) is 0 Å². The summed E-state index contributed by atoms with van der Waals surface area (Å²) in [7, 11) is 0. The predicted octanol–water partition coefficient (Wildman–Crippen LogP) is -0.345. The van der Waals surface area contributed by atoms with E-state index in [0.29, 0.717) is 0 Å². The summed E-state index contributed by atoms with van der Waals surface area (Å²) in [6.07, 6.45) is -1.85. The molecule has 1 saturated heterocycles. The van der Waals surface area contributed by atoms with Crippen molar-refractivity contribution in [1.82, 2.24) is 0 Å². The van der Waals surface area contributed by atoms with Gasteiger partial charge in [-0.2, -0.15) is 0 Å². The van der Waals surface area contributed by atoms with Crippen molar-refractivity contribution in [2.45, 2.75) is 63.6 Å². The normalized spacial score (nSPS) is 51.9. The highest BCUT2D eigenvalue weighted by atomic mass is 16.6. The zero-order valence-corrected chi connectivity index (χ0v) is 11.1. The minimum Gasteiger partial charge on any atom is -0.393 e. The van der Waals surface area contributed by atoms with Gasteiger partial charge in [-0.1, -0.05) is 13.8 Å². The van der Waals surface area contributed by atoms with E-state index in [1.807, 2.05) is 13.8 Å². The highest BCUT2D eigenvalue weighted by molar-refractivity contribution is 5.15. The molecule has 0 amide bonds. The van der Waals surface area contributed by atoms with Gasteiger partial charge in [0.2, 0.25) is 0 Å². The molecule has 0 aromatic heterocycles. The molecule has 0 saturated carbocycles. The maximum atomic E-state index is 10.4. The number of ether oxygens (including phenoxy) is 1. The van der Waals surface area contributed by atoms with E-state index in [9.17, 15) is 20.4 Å². The second kappa shape index (κ2) is 4.17. The summed E-state index contributed by atoms with van der Waals surface area (Å²) < 4.78 is 5.64. The van der Waals surface area contributed by atoms with Crippen molar-refractivity contribution < 1.29 is 25.2 Å². The predicted molar refractivity (Wildman–Crippen MR) is 62.5 cm³/mol. The number of rotatable bonds is 2. The lowest BCUT2D eigenvalue weighted by atomic mass is 9.66. The molecule has 5 atom stereocenters. The van der Waals surface area contributed by atoms with Crippen molar-refractivity contribution >= 4 is 0 Å². The monoisotopic (exact) mass is 248 g/mol. The molecule has 5 unspecified atom stereocenters. The molecule has 17 heavy (non-hydrogen) atoms. The van der Waals surface area contributed by atoms with Gasteiger partial charge >= 0.3 is 0 Å². The Hall–Kier alpha value is -0.200. The van der Waals surface area contributed by atoms with Gasteiger partial charge in [0.15, 0.2) is 0 Å². The van der Waals surface area contributed by atoms with Crippen LogP contribution in [0.1, 0.15) is 34.6 Å². The molecule has 0 spiro atoms. The van der Waals surface area contributed by atoms with Gasteiger partial charge in [-0.3, -0.25) is 0 Å². The second-order valence-electron chi connectivity index (χ2n) is 5.88. The molecule has 102 valence electrons. The van der Waals surface area contributed by atoms with Crippen LogP contribution in [0.25, 0.3) is 0 Å². The van der Waals surface area contributed by atoms with Crippen molar-refractivity contribution in [3.05, 3.63) is 0 Å². The van der Waals surface area contributed by atoms with Crippen molar-refractivity contribution in [1.29, 1.82) is 0 Å². The minimum absolute atomic E-state index is 0.0431. The number of aliphatic hydroxyl groups is 4. The first-order chi connectivity index (χ1) is 7.51. The van der Waals surface area contributed by atoms with Gasteiger partial charge in [0, 0.05) is 0 Å². The van der Waals surface area contributed by atoms with Crippen LogP contribution in [-0.4, -0.2) is 56.0 Å². The second-order valence-corrected chi connectivity index (χ2v) is 5.88. The van der Waals surface area contributed by atoms with E-state index in [0.717, 1.165) is 0 Å². The van der Waals surface area contributed by atoms with Crippen LogP contribution in [0.4, 0.5) is 0 Å². The van der Waals surface area contributed by atoms with Crippen molar-refractivity contribution in [2.24, 2.45) is 5.92 Å². The molecule has 5 heteroatoms. The van der Waals surface area contributed by atoms with Crippen LogP contribution in [0, 0.1) is 5.92 Å². The van der Waals surface area contributed by atoms with Crippen LogP contribution >= 0.6 is 0 Å². The van der Waals surface area contributed by atoms with Crippen LogP contribution in [0.5, 0.6) is 0 Å². The van der Waals surface area contributed by atoms with E-state index < -0.39 is 35.6 Å². The first kappa shape index (κ1) is 14.9. The van der Waals surface area contributed by atoms with Gasteiger partial charge in [-0.25, -0.2) is 0 Å². The number of hydrogen-bond donors (Lipinski definition) is 4. The van der Waals surface area contributed by atoms with E-state index in [1.165, 1.54) is 20.8 Å². The zero-order chi connectivity index (χ0) is 13.6. The Morgan fingerprint density at radius 1 is 1.18 bits per heavy atom. The van der Waals surface area contributed by atoms with Gasteiger partial charge in [0.1, 0.15) is 22.9 Å². The van der Waals surface area contributed by atoms with Crippen molar-refractivity contribution in [2.75, 3.05) is 6.61 Å². The smallest absolute Gasteiger partial charge is 0.124 e. The maximum absolute atomic E-state index is 10.4. The molecule has 0 bridgehead atoms. The fourth-order valence-electron chi connectivity index (χ4n) is 2.31. The van der Waals surface area contributed by atoms with Crippen LogP contribution in [-0.2, 0) is 4.74 Å². The summed E-state index contributed by atoms with van der Waals surface area (Å²) in [5.41, 5.74) is -4.82. The minimum atomic E-state index is -1.75. The molecule has 0 aliphatic carbocycles. The van der Waals surface area contributed by atoms with Gasteiger partial charge in [-0.15, -0.1) is 0 Å². The lowest BCUT2D eigenvalue weighted by Gasteiger charge is -2.58. The maximum Gasteiger partial charge on any atom is 0.124 e. The Morgan fingerprint density at radius 3 is 2.00 bits per heavy atom. The Bertz CT molecular complexity index is 280. The van der Waals surface area contributed by atoms with Crippen molar-refractivity contribution in [3.8, 4) is 0 Å². The quantitative estimate of drug-likeness (QED) is 0.536. The summed E-state index contributed by atoms with van der Waals surface area (Å²) in [5.74, 6) is -0.0431. The summed E-state index contributed by atoms with van der Waals surface area (Å²) in [6.45, 7) is 7.52. The van der Waals surface area contributed by atoms with Crippen LogP contribution < -0.4 is 0 Å². The number of aliphatic hydroxyl groups excluding tert-OH is 2. The lowest BCUT2D eigenvalue weighted by Crippen LogP contribution is -2.77. The highest BCUT2D eigenvalue weighted by Crippen LogP contribution is 2.45. The average Bonchev–Trinajstić information content (AvgIpc) is 2.21. The Labute approximate surface area is 102 Å². The van der Waals surface area contributed by atoms with E-state index in [2.05, 4.69) is 0 Å². The van der Waals surface area contributed by atoms with E-state index in [-0.39, 0.29) is 5.92 Å². The third kappa shape index (κ3) is 1.90. The molecule has 4 N–H and O–H groups in total. The molecule has 1 aliphatic heterocycles. The zero-order valence-electron chi connectivity index (χ0n) is 11.1. The largest absolute Gasteiger partial charge is 0.393 e. The molecule has 1 rings (SSSR count). The standard InChI is InChI=1S/C12H24O5/c1-7(2)8-9(14)11(4,15)12(5,16)10(3,6-13)17-8/h7-9,13-16H,6H2,1-5H3. The van der Waals surface area contributed by atoms with E-state index in [4.69, 9.17) is 4.74 Å². The third-order valence-corrected chi connectivity index (χ3v) is 4.26. The fourth-order valence-corrected chi connectivity index (χ4v) is 2.31. The van der Waals surface area contributed by atoms with Crippen LogP contribution in [0.15, 0.2) is 0 Å². The third-order valence-electron chi connectivity index (χ3n) is 4.26. The molecule has 0 aromatic carbocycles. The van der Waals surface area contributed by atoms with E-state index in [1.54, 1.807) is 0 Å². The van der Waals surface area contributed by atoms with Crippen LogP contribution in [0.2, 0.25) is 0 Å². The van der Waals surface area contributed by atoms with Gasteiger partial charge in [0.25, 0.3) is 0 Å². The Balaban J connectivity index is 3.23. The highest BCUT2D eigenvalue weighted by Gasteiger charge is 2.65. The molecular weight excluding hydrogens is 224 g/mol. The average molecular weight is 248 g/mol. The fraction of sp³-hybridized carbons (Fsp3) is 1.00. The topological polar surface area (TPSA) is 90.2 Å². The van der Waals surface area contributed by atoms with Gasteiger partial charge in [0.05, 0.1) is 12.7 Å². The van der Waals surface area contributed by atoms with Crippen LogP contribution in [0.3, 0.4) is 0 Å². The first-order valence-electron chi connectivity index (χ1n) is 5.93. The summed E-state index contributed by atoms with van der Waals surface area (Å²) >= 11 is 0. The van der Waals surface area contributed by atoms with Gasteiger partial charge < -0.3 is 25.2 Å². The Kier molecular flexibility index (Phi) is 3.65. The molecule has 1 heterocycles. The molecule has 5 nitrogen and oxygen atoms in total. The summed E-state index contributed by atoms with van der Waals surface area (Å²) in [6, 6.07) is 0. The van der Waals surface area contributed by atoms with Gasteiger partial charge in [-0.05, 0) is 26.7 Å².